The average Bonchev–Trinajstić information content (AvgIpc) is 3.72. The lowest BCUT2D eigenvalue weighted by Gasteiger charge is -2.35. The fourth-order valence-electron chi connectivity index (χ4n) is 4.56. The van der Waals surface area contributed by atoms with Crippen LogP contribution in [-0.2, 0) is 5.75 Å². The van der Waals surface area contributed by atoms with Gasteiger partial charge in [0.25, 0.3) is 0 Å². The Bertz CT molecular complexity index is 1390. The van der Waals surface area contributed by atoms with Crippen LogP contribution in [0.4, 0.5) is 5.69 Å². The molecule has 39 heavy (non-hydrogen) atoms. The van der Waals surface area contributed by atoms with Gasteiger partial charge in [0.1, 0.15) is 5.69 Å². The molecule has 0 atom stereocenters. The summed E-state index contributed by atoms with van der Waals surface area (Å²) >= 11 is 1.83. The predicted octanol–water partition coefficient (Wildman–Crippen LogP) is 4.38. The van der Waals surface area contributed by atoms with E-state index in [0.717, 1.165) is 67.3 Å². The minimum atomic E-state index is -0.210. The Morgan fingerprint density at radius 1 is 1.13 bits per heavy atom. The van der Waals surface area contributed by atoms with Crippen molar-refractivity contribution in [1.29, 1.82) is 0 Å². The molecule has 0 radical (unpaired) electrons. The average molecular weight is 545 g/mol. The van der Waals surface area contributed by atoms with Crippen LogP contribution >= 0.6 is 11.9 Å². The Morgan fingerprint density at radius 2 is 1.90 bits per heavy atom. The van der Waals surface area contributed by atoms with Gasteiger partial charge in [-0.2, -0.15) is 9.78 Å². The van der Waals surface area contributed by atoms with Gasteiger partial charge in [-0.05, 0) is 36.1 Å². The van der Waals surface area contributed by atoms with Crippen LogP contribution < -0.4 is 20.9 Å². The molecule has 2 fully saturated rings. The van der Waals surface area contributed by atoms with Crippen molar-refractivity contribution < 1.29 is 4.74 Å². The third kappa shape index (κ3) is 6.54. The van der Waals surface area contributed by atoms with Gasteiger partial charge in [-0.15, -0.1) is 0 Å². The highest BCUT2D eigenvalue weighted by Crippen LogP contribution is 2.45. The van der Waals surface area contributed by atoms with E-state index in [4.69, 9.17) is 10.5 Å². The Balaban J connectivity index is 1.26. The number of rotatable bonds is 10. The van der Waals surface area contributed by atoms with E-state index in [-0.39, 0.29) is 11.0 Å². The normalized spacial score (nSPS) is 17.5. The number of aromatic nitrogens is 2. The van der Waals surface area contributed by atoms with E-state index in [0.29, 0.717) is 12.4 Å². The van der Waals surface area contributed by atoms with E-state index in [1.165, 1.54) is 10.2 Å². The summed E-state index contributed by atoms with van der Waals surface area (Å²) in [6, 6.07) is 17.9. The maximum Gasteiger partial charge on any atom is 0.316 e. The summed E-state index contributed by atoms with van der Waals surface area (Å²) < 4.78 is 10.1. The highest BCUT2D eigenvalue weighted by atomic mass is 32.2. The van der Waals surface area contributed by atoms with Crippen molar-refractivity contribution in [3.8, 4) is 11.4 Å². The van der Waals surface area contributed by atoms with Gasteiger partial charge in [-0.1, -0.05) is 61.3 Å². The molecule has 9 heteroatoms. The SMILES string of the molecule is CN=CC(=CN)c1cccc(CSN2CCN(c3cnn(-c4ccccc4)c(=O)c3OCC3(C)CC3)CC2)c1. The van der Waals surface area contributed by atoms with E-state index < -0.39 is 0 Å². The Labute approximate surface area is 234 Å². The second-order valence-corrected chi connectivity index (χ2v) is 11.5. The molecule has 1 saturated heterocycles. The quantitative estimate of drug-likeness (QED) is 0.299. The van der Waals surface area contributed by atoms with Crippen LogP contribution in [0.5, 0.6) is 5.75 Å². The van der Waals surface area contributed by atoms with Gasteiger partial charge in [-0.3, -0.25) is 9.79 Å². The lowest BCUT2D eigenvalue weighted by Crippen LogP contribution is -2.44. The van der Waals surface area contributed by atoms with Gasteiger partial charge in [0.05, 0.1) is 18.5 Å². The number of allylic oxidation sites excluding steroid dienone is 1. The maximum absolute atomic E-state index is 13.5. The van der Waals surface area contributed by atoms with E-state index in [2.05, 4.69) is 50.5 Å². The van der Waals surface area contributed by atoms with Crippen LogP contribution in [0.3, 0.4) is 0 Å². The molecule has 2 aliphatic rings. The number of piperazine rings is 1. The molecule has 1 aliphatic carbocycles. The predicted molar refractivity (Wildman–Crippen MR) is 161 cm³/mol. The minimum absolute atomic E-state index is 0.168. The Kier molecular flexibility index (Phi) is 8.38. The number of ether oxygens (including phenoxy) is 1. The van der Waals surface area contributed by atoms with Crippen LogP contribution in [0.25, 0.3) is 11.3 Å². The molecule has 2 heterocycles. The van der Waals surface area contributed by atoms with Gasteiger partial charge in [0, 0.05) is 62.4 Å². The first-order valence-electron chi connectivity index (χ1n) is 13.4. The molecule has 0 unspecified atom stereocenters. The summed E-state index contributed by atoms with van der Waals surface area (Å²) in [7, 11) is 1.75. The van der Waals surface area contributed by atoms with Crippen LogP contribution in [-0.4, -0.2) is 60.1 Å². The first kappa shape index (κ1) is 27.0. The minimum Gasteiger partial charge on any atom is -0.486 e. The number of nitrogens with zero attached hydrogens (tertiary/aromatic N) is 5. The molecule has 1 aromatic heterocycles. The summed E-state index contributed by atoms with van der Waals surface area (Å²) in [4.78, 5) is 19.9. The molecular formula is C30H36N6O2S. The molecule has 1 aliphatic heterocycles. The number of nitrogens with two attached hydrogens (primary N) is 1. The van der Waals surface area contributed by atoms with Crippen LogP contribution in [0, 0.1) is 5.41 Å². The van der Waals surface area contributed by atoms with E-state index in [1.807, 2.05) is 42.3 Å². The van der Waals surface area contributed by atoms with Crippen molar-refractivity contribution in [2.75, 3.05) is 44.7 Å². The zero-order valence-electron chi connectivity index (χ0n) is 22.6. The maximum atomic E-state index is 13.5. The molecule has 3 aromatic rings. The summed E-state index contributed by atoms with van der Waals surface area (Å²) in [6.45, 7) is 6.10. The first-order valence-corrected chi connectivity index (χ1v) is 14.3. The summed E-state index contributed by atoms with van der Waals surface area (Å²) in [5.41, 5.74) is 10.5. The van der Waals surface area contributed by atoms with Crippen LogP contribution in [0.15, 0.2) is 76.8 Å². The smallest absolute Gasteiger partial charge is 0.316 e. The van der Waals surface area contributed by atoms with E-state index in [9.17, 15) is 4.79 Å². The molecule has 0 amide bonds. The van der Waals surface area contributed by atoms with E-state index >= 15 is 0 Å². The monoisotopic (exact) mass is 544 g/mol. The highest BCUT2D eigenvalue weighted by molar-refractivity contribution is 7.96. The molecule has 2 aromatic carbocycles. The van der Waals surface area contributed by atoms with Gasteiger partial charge >= 0.3 is 5.56 Å². The van der Waals surface area contributed by atoms with Crippen molar-refractivity contribution in [3.63, 3.8) is 0 Å². The van der Waals surface area contributed by atoms with Gasteiger partial charge in [0.2, 0.25) is 5.75 Å². The van der Waals surface area contributed by atoms with Crippen molar-refractivity contribution in [3.05, 3.63) is 88.5 Å². The Hall–Kier alpha value is -3.56. The zero-order valence-corrected chi connectivity index (χ0v) is 23.4. The van der Waals surface area contributed by atoms with Crippen molar-refractivity contribution in [1.82, 2.24) is 14.1 Å². The first-order chi connectivity index (χ1) is 19.0. The van der Waals surface area contributed by atoms with Gasteiger partial charge in [0.15, 0.2) is 0 Å². The van der Waals surface area contributed by atoms with Crippen molar-refractivity contribution in [2.45, 2.75) is 25.5 Å². The van der Waals surface area contributed by atoms with Gasteiger partial charge in [-0.25, -0.2) is 4.31 Å². The van der Waals surface area contributed by atoms with Crippen molar-refractivity contribution in [2.24, 2.45) is 16.1 Å². The van der Waals surface area contributed by atoms with Gasteiger partial charge < -0.3 is 15.4 Å². The molecule has 0 spiro atoms. The molecule has 0 bridgehead atoms. The number of anilines is 1. The number of aliphatic imine (C=N–C) groups is 1. The molecule has 8 nitrogen and oxygen atoms in total. The van der Waals surface area contributed by atoms with Crippen LogP contribution in [0.2, 0.25) is 0 Å². The third-order valence-corrected chi connectivity index (χ3v) is 8.48. The number of hydrogen-bond acceptors (Lipinski definition) is 8. The summed E-state index contributed by atoms with van der Waals surface area (Å²) in [5.74, 6) is 1.27. The van der Waals surface area contributed by atoms with Crippen molar-refractivity contribution >= 4 is 29.4 Å². The number of para-hydroxylation sites is 1. The zero-order chi connectivity index (χ0) is 27.2. The number of hydrogen-bond donors (Lipinski definition) is 1. The summed E-state index contributed by atoms with van der Waals surface area (Å²) in [5, 5.41) is 4.52. The fourth-order valence-corrected chi connectivity index (χ4v) is 5.50. The fraction of sp³-hybridized carbons (Fsp3) is 0.367. The second kappa shape index (κ2) is 12.1. The third-order valence-electron chi connectivity index (χ3n) is 7.29. The van der Waals surface area contributed by atoms with Crippen LogP contribution in [0.1, 0.15) is 30.9 Å². The largest absolute Gasteiger partial charge is 0.486 e. The van der Waals surface area contributed by atoms with E-state index in [1.54, 1.807) is 25.7 Å². The lowest BCUT2D eigenvalue weighted by molar-refractivity contribution is 0.243. The lowest BCUT2D eigenvalue weighted by atomic mass is 10.1. The second-order valence-electron chi connectivity index (χ2n) is 10.4. The molecule has 5 rings (SSSR count). The Morgan fingerprint density at radius 3 is 2.59 bits per heavy atom. The molecule has 1 saturated carbocycles. The standard InChI is InChI=1S/C30H36N6O2S/c1-30(11-12-30)22-38-28-27(20-33-36(29(28)37)26-9-4-3-5-10-26)34-13-15-35(16-14-34)39-21-23-7-6-8-24(17-23)25(18-31)19-32-2/h3-10,17-20H,11-16,21-22,31H2,1-2H3. The molecule has 2 N–H and O–H groups in total. The number of benzene rings is 2. The summed E-state index contributed by atoms with van der Waals surface area (Å²) in [6.07, 6.45) is 7.43. The topological polar surface area (TPSA) is 89.0 Å². The molecular weight excluding hydrogens is 508 g/mol. The molecule has 204 valence electrons. The highest BCUT2D eigenvalue weighted by Gasteiger charge is 2.39.